The van der Waals surface area contributed by atoms with Gasteiger partial charge in [-0.1, -0.05) is 49.6 Å². The van der Waals surface area contributed by atoms with E-state index in [-0.39, 0.29) is 18.4 Å². The summed E-state index contributed by atoms with van der Waals surface area (Å²) in [6.45, 7) is 2.08. The van der Waals surface area contributed by atoms with E-state index in [1.54, 1.807) is 0 Å². The van der Waals surface area contributed by atoms with Crippen LogP contribution < -0.4 is 5.32 Å². The Morgan fingerprint density at radius 2 is 1.74 bits per heavy atom. The Morgan fingerprint density at radius 3 is 2.26 bits per heavy atom. The normalized spacial score (nSPS) is 21.2. The molecule has 1 aromatic rings. The second-order valence-electron chi connectivity index (χ2n) is 5.54. The zero-order valence-electron chi connectivity index (χ0n) is 11.9. The molecule has 0 aliphatic heterocycles. The van der Waals surface area contributed by atoms with Crippen molar-refractivity contribution in [3.63, 3.8) is 0 Å². The van der Waals surface area contributed by atoms with E-state index in [0.29, 0.717) is 5.92 Å². The van der Waals surface area contributed by atoms with Crippen LogP contribution in [0.25, 0.3) is 0 Å². The number of rotatable bonds is 4. The van der Waals surface area contributed by atoms with Gasteiger partial charge in [0.25, 0.3) is 0 Å². The maximum absolute atomic E-state index is 11.3. The molecule has 1 aliphatic carbocycles. The fourth-order valence-electron chi connectivity index (χ4n) is 3.31. The third kappa shape index (κ3) is 3.31. The Morgan fingerprint density at radius 1 is 1.16 bits per heavy atom. The predicted molar refractivity (Wildman–Crippen MR) is 82.7 cm³/mol. The molecule has 0 radical (unpaired) electrons. The second-order valence-corrected chi connectivity index (χ2v) is 5.54. The molecule has 1 aliphatic rings. The summed E-state index contributed by atoms with van der Waals surface area (Å²) in [6, 6.07) is 10.2. The summed E-state index contributed by atoms with van der Waals surface area (Å²) >= 11 is 0. The molecule has 2 N–H and O–H groups in total. The molecule has 0 aromatic heterocycles. The summed E-state index contributed by atoms with van der Waals surface area (Å²) in [7, 11) is 1.93. The summed E-state index contributed by atoms with van der Waals surface area (Å²) in [5.41, 5.74) is 0.315. The fraction of sp³-hybridized carbons (Fsp3) is 0.625. The van der Waals surface area contributed by atoms with Crippen LogP contribution in [0, 0.1) is 5.92 Å². The van der Waals surface area contributed by atoms with Crippen molar-refractivity contribution in [2.45, 2.75) is 50.7 Å². The van der Waals surface area contributed by atoms with Crippen molar-refractivity contribution in [1.82, 2.24) is 5.32 Å². The van der Waals surface area contributed by atoms with E-state index in [1.807, 2.05) is 25.2 Å². The van der Waals surface area contributed by atoms with Gasteiger partial charge in [-0.3, -0.25) is 0 Å². The average molecular weight is 284 g/mol. The Hall–Kier alpha value is -0.570. The molecular weight excluding hydrogens is 258 g/mol. The van der Waals surface area contributed by atoms with Gasteiger partial charge in [0.05, 0.1) is 0 Å². The molecule has 0 spiro atoms. The summed E-state index contributed by atoms with van der Waals surface area (Å²) in [5.74, 6) is 0.371. The van der Waals surface area contributed by atoms with Crippen molar-refractivity contribution >= 4 is 12.4 Å². The molecule has 2 nitrogen and oxygen atoms in total. The van der Waals surface area contributed by atoms with E-state index in [9.17, 15) is 5.11 Å². The molecule has 2 atom stereocenters. The van der Waals surface area contributed by atoms with Crippen LogP contribution in [-0.4, -0.2) is 18.2 Å². The lowest BCUT2D eigenvalue weighted by atomic mass is 9.70. The SMILES string of the molecule is CNC(C)C(O)(c1ccccc1)C1CCCCC1.Cl. The van der Waals surface area contributed by atoms with Gasteiger partial charge in [-0.05, 0) is 38.3 Å². The van der Waals surface area contributed by atoms with Gasteiger partial charge in [-0.25, -0.2) is 0 Å². The van der Waals surface area contributed by atoms with E-state index in [1.165, 1.54) is 19.3 Å². The monoisotopic (exact) mass is 283 g/mol. The van der Waals surface area contributed by atoms with Crippen LogP contribution in [0.15, 0.2) is 30.3 Å². The summed E-state index contributed by atoms with van der Waals surface area (Å²) in [4.78, 5) is 0. The van der Waals surface area contributed by atoms with Gasteiger partial charge in [-0.15, -0.1) is 12.4 Å². The minimum absolute atomic E-state index is 0. The van der Waals surface area contributed by atoms with Gasteiger partial charge in [0, 0.05) is 6.04 Å². The minimum Gasteiger partial charge on any atom is -0.383 e. The third-order valence-corrected chi connectivity index (χ3v) is 4.56. The maximum Gasteiger partial charge on any atom is 0.107 e. The first-order valence-electron chi connectivity index (χ1n) is 7.14. The summed E-state index contributed by atoms with van der Waals surface area (Å²) in [6.07, 6.45) is 6.08. The minimum atomic E-state index is -0.740. The molecule has 2 rings (SSSR count). The van der Waals surface area contributed by atoms with Crippen LogP contribution in [0.2, 0.25) is 0 Å². The van der Waals surface area contributed by atoms with Crippen molar-refractivity contribution in [3.05, 3.63) is 35.9 Å². The lowest BCUT2D eigenvalue weighted by Gasteiger charge is -2.43. The average Bonchev–Trinajstić information content (AvgIpc) is 2.47. The van der Waals surface area contributed by atoms with Gasteiger partial charge < -0.3 is 10.4 Å². The molecule has 3 heteroatoms. The molecule has 1 fully saturated rings. The molecule has 19 heavy (non-hydrogen) atoms. The molecule has 0 saturated heterocycles. The molecule has 1 aromatic carbocycles. The number of hydrogen-bond acceptors (Lipinski definition) is 2. The molecule has 0 amide bonds. The largest absolute Gasteiger partial charge is 0.383 e. The van der Waals surface area contributed by atoms with Crippen LogP contribution in [0.3, 0.4) is 0 Å². The lowest BCUT2D eigenvalue weighted by molar-refractivity contribution is -0.0637. The van der Waals surface area contributed by atoms with Crippen LogP contribution in [0.5, 0.6) is 0 Å². The maximum atomic E-state index is 11.3. The zero-order valence-corrected chi connectivity index (χ0v) is 12.7. The molecular formula is C16H26ClNO. The number of aliphatic hydroxyl groups is 1. The molecule has 0 bridgehead atoms. The Bertz CT molecular complexity index is 364. The highest BCUT2D eigenvalue weighted by Gasteiger charge is 2.42. The van der Waals surface area contributed by atoms with Crippen molar-refractivity contribution in [2.24, 2.45) is 5.92 Å². The predicted octanol–water partition coefficient (Wildman–Crippen LogP) is 3.48. The Labute approximate surface area is 123 Å². The van der Waals surface area contributed by atoms with Crippen molar-refractivity contribution in [3.8, 4) is 0 Å². The highest BCUT2D eigenvalue weighted by Crippen LogP contribution is 2.41. The third-order valence-electron chi connectivity index (χ3n) is 4.56. The van der Waals surface area contributed by atoms with Crippen LogP contribution in [0.1, 0.15) is 44.6 Å². The van der Waals surface area contributed by atoms with Crippen molar-refractivity contribution in [1.29, 1.82) is 0 Å². The number of nitrogens with one attached hydrogen (secondary N) is 1. The number of likely N-dealkylation sites (N-methyl/N-ethyl adjacent to an activating group) is 1. The topological polar surface area (TPSA) is 32.3 Å². The van der Waals surface area contributed by atoms with Crippen LogP contribution >= 0.6 is 12.4 Å². The van der Waals surface area contributed by atoms with Gasteiger partial charge in [0.15, 0.2) is 0 Å². The Balaban J connectivity index is 0.00000180. The van der Waals surface area contributed by atoms with Crippen molar-refractivity contribution in [2.75, 3.05) is 7.05 Å². The van der Waals surface area contributed by atoms with Gasteiger partial charge in [0.2, 0.25) is 0 Å². The standard InChI is InChI=1S/C16H25NO.ClH/c1-13(17-2)16(18,14-9-5-3-6-10-14)15-11-7-4-8-12-15;/h3,5-6,9-10,13,15,17-18H,4,7-8,11-12H2,1-2H3;1H. The van der Waals surface area contributed by atoms with Gasteiger partial charge in [-0.2, -0.15) is 0 Å². The summed E-state index contributed by atoms with van der Waals surface area (Å²) in [5, 5.41) is 14.6. The van der Waals surface area contributed by atoms with E-state index in [4.69, 9.17) is 0 Å². The fourth-order valence-corrected chi connectivity index (χ4v) is 3.31. The Kier molecular flexibility index (Phi) is 6.31. The van der Waals surface area contributed by atoms with Gasteiger partial charge in [0.1, 0.15) is 5.60 Å². The molecule has 108 valence electrons. The smallest absolute Gasteiger partial charge is 0.107 e. The number of halogens is 1. The quantitative estimate of drug-likeness (QED) is 0.887. The first-order chi connectivity index (χ1) is 8.69. The second kappa shape index (κ2) is 7.28. The van der Waals surface area contributed by atoms with Crippen molar-refractivity contribution < 1.29 is 5.11 Å². The number of hydrogen-bond donors (Lipinski definition) is 2. The van der Waals surface area contributed by atoms with E-state index < -0.39 is 5.60 Å². The summed E-state index contributed by atoms with van der Waals surface area (Å²) < 4.78 is 0. The lowest BCUT2D eigenvalue weighted by Crippen LogP contribution is -2.51. The molecule has 2 unspecified atom stereocenters. The highest BCUT2D eigenvalue weighted by atomic mass is 35.5. The number of benzene rings is 1. The highest BCUT2D eigenvalue weighted by molar-refractivity contribution is 5.85. The molecule has 0 heterocycles. The first kappa shape index (κ1) is 16.5. The van der Waals surface area contributed by atoms with E-state index >= 15 is 0 Å². The van der Waals surface area contributed by atoms with Crippen LogP contribution in [0.4, 0.5) is 0 Å². The first-order valence-corrected chi connectivity index (χ1v) is 7.14. The zero-order chi connectivity index (χ0) is 13.0. The van der Waals surface area contributed by atoms with Gasteiger partial charge >= 0.3 is 0 Å². The van der Waals surface area contributed by atoms with E-state index in [0.717, 1.165) is 18.4 Å². The molecule has 1 saturated carbocycles. The van der Waals surface area contributed by atoms with E-state index in [2.05, 4.69) is 24.4 Å². The van der Waals surface area contributed by atoms with Crippen LogP contribution in [-0.2, 0) is 5.60 Å².